The van der Waals surface area contributed by atoms with Crippen molar-refractivity contribution in [2.45, 2.75) is 33.7 Å². The van der Waals surface area contributed by atoms with Crippen LogP contribution in [0.2, 0.25) is 0 Å². The molecule has 8 nitrogen and oxygen atoms in total. The van der Waals surface area contributed by atoms with E-state index in [1.54, 1.807) is 18.2 Å². The molecule has 0 aromatic heterocycles. The van der Waals surface area contributed by atoms with E-state index in [9.17, 15) is 14.4 Å². The highest BCUT2D eigenvalue weighted by molar-refractivity contribution is 6.00. The summed E-state index contributed by atoms with van der Waals surface area (Å²) >= 11 is 0. The summed E-state index contributed by atoms with van der Waals surface area (Å²) in [5.41, 5.74) is 2.06. The highest BCUT2D eigenvalue weighted by atomic mass is 16.6. The Morgan fingerprint density at radius 3 is 1.97 bits per heavy atom. The smallest absolute Gasteiger partial charge is 0.251 e. The molecule has 1 atom stereocenters. The Morgan fingerprint density at radius 1 is 0.839 bits per heavy atom. The second-order valence-corrected chi connectivity index (χ2v) is 7.76. The Kier molecular flexibility index (Phi) is 6.79. The summed E-state index contributed by atoms with van der Waals surface area (Å²) in [6.07, 6.45) is 0. The molecule has 31 heavy (non-hydrogen) atoms. The minimum atomic E-state index is -0.326. The van der Waals surface area contributed by atoms with Crippen LogP contribution in [0.15, 0.2) is 36.4 Å². The monoisotopic (exact) mass is 425 g/mol. The number of hydrogen-bond donors (Lipinski definition) is 3. The van der Waals surface area contributed by atoms with Crippen LogP contribution in [-0.2, 0) is 9.59 Å². The lowest BCUT2D eigenvalue weighted by Gasteiger charge is -2.25. The first-order chi connectivity index (χ1) is 14.7. The van der Waals surface area contributed by atoms with E-state index < -0.39 is 0 Å². The number of anilines is 2. The molecule has 8 heteroatoms. The van der Waals surface area contributed by atoms with E-state index in [0.29, 0.717) is 41.7 Å². The second-order valence-electron chi connectivity index (χ2n) is 7.76. The molecular formula is C23H27N3O5. The number of benzene rings is 2. The van der Waals surface area contributed by atoms with Gasteiger partial charge in [-0.25, -0.2) is 0 Å². The maximum absolute atomic E-state index is 13.1. The highest BCUT2D eigenvalue weighted by Crippen LogP contribution is 2.34. The van der Waals surface area contributed by atoms with Gasteiger partial charge in [-0.3, -0.25) is 14.4 Å². The van der Waals surface area contributed by atoms with Crippen molar-refractivity contribution in [2.75, 3.05) is 23.8 Å². The van der Waals surface area contributed by atoms with Gasteiger partial charge in [0, 0.05) is 30.8 Å². The molecule has 3 N–H and O–H groups in total. The van der Waals surface area contributed by atoms with E-state index in [4.69, 9.17) is 9.47 Å². The predicted molar refractivity (Wildman–Crippen MR) is 118 cm³/mol. The molecule has 0 unspecified atom stereocenters. The molecule has 164 valence electrons. The van der Waals surface area contributed by atoms with Crippen molar-refractivity contribution in [3.63, 3.8) is 0 Å². The number of carbonyl (C=O) groups excluding carboxylic acids is 3. The third-order valence-corrected chi connectivity index (χ3v) is 4.71. The van der Waals surface area contributed by atoms with Gasteiger partial charge >= 0.3 is 0 Å². The van der Waals surface area contributed by atoms with Crippen molar-refractivity contribution in [2.24, 2.45) is 5.92 Å². The molecule has 3 amide bonds. The highest BCUT2D eigenvalue weighted by Gasteiger charge is 2.22. The summed E-state index contributed by atoms with van der Waals surface area (Å²) in [6.45, 7) is 7.77. The van der Waals surface area contributed by atoms with E-state index in [0.717, 1.165) is 5.56 Å². The van der Waals surface area contributed by atoms with Crippen LogP contribution in [0.4, 0.5) is 11.4 Å². The fraction of sp³-hybridized carbons (Fsp3) is 0.348. The van der Waals surface area contributed by atoms with Crippen molar-refractivity contribution in [1.82, 2.24) is 5.32 Å². The van der Waals surface area contributed by atoms with Gasteiger partial charge in [0.25, 0.3) is 5.91 Å². The molecule has 1 heterocycles. The van der Waals surface area contributed by atoms with Crippen LogP contribution in [0.25, 0.3) is 0 Å². The summed E-state index contributed by atoms with van der Waals surface area (Å²) in [4.78, 5) is 36.1. The Labute approximate surface area is 181 Å². The van der Waals surface area contributed by atoms with Crippen LogP contribution < -0.4 is 25.4 Å². The number of amides is 3. The summed E-state index contributed by atoms with van der Waals surface area (Å²) in [5.74, 6) is 0.564. The first-order valence-corrected chi connectivity index (χ1v) is 10.1. The minimum absolute atomic E-state index is 0.0971. The van der Waals surface area contributed by atoms with Crippen molar-refractivity contribution in [3.8, 4) is 11.5 Å². The Bertz CT molecular complexity index is 968. The van der Waals surface area contributed by atoms with E-state index >= 15 is 0 Å². The van der Waals surface area contributed by atoms with E-state index in [1.807, 2.05) is 32.0 Å². The zero-order valence-corrected chi connectivity index (χ0v) is 18.1. The van der Waals surface area contributed by atoms with Gasteiger partial charge in [0.2, 0.25) is 11.8 Å². The SMILES string of the molecule is CC(=O)Nc1cc(NC(C)=O)cc(C(=O)N[C@H](c2ccc3c(c2)OCCO3)C(C)C)c1. The minimum Gasteiger partial charge on any atom is -0.486 e. The molecule has 0 radical (unpaired) electrons. The van der Waals surface area contributed by atoms with Gasteiger partial charge < -0.3 is 25.4 Å². The normalized spacial score (nSPS) is 13.3. The Morgan fingerprint density at radius 2 is 1.42 bits per heavy atom. The van der Waals surface area contributed by atoms with E-state index in [-0.39, 0.29) is 29.7 Å². The topological polar surface area (TPSA) is 106 Å². The Balaban J connectivity index is 1.88. The number of nitrogens with one attached hydrogen (secondary N) is 3. The van der Waals surface area contributed by atoms with Crippen molar-refractivity contribution in [3.05, 3.63) is 47.5 Å². The van der Waals surface area contributed by atoms with Gasteiger partial charge in [-0.15, -0.1) is 0 Å². The first-order valence-electron chi connectivity index (χ1n) is 10.1. The average Bonchev–Trinajstić information content (AvgIpc) is 2.70. The van der Waals surface area contributed by atoms with Gasteiger partial charge in [0.1, 0.15) is 13.2 Å². The number of ether oxygens (including phenoxy) is 2. The molecule has 1 aliphatic rings. The Hall–Kier alpha value is -3.55. The fourth-order valence-corrected chi connectivity index (χ4v) is 3.42. The van der Waals surface area contributed by atoms with Crippen LogP contribution in [0.1, 0.15) is 49.7 Å². The number of fused-ring (bicyclic) bond motifs is 1. The lowest BCUT2D eigenvalue weighted by molar-refractivity contribution is -0.115. The summed E-state index contributed by atoms with van der Waals surface area (Å²) < 4.78 is 11.2. The maximum atomic E-state index is 13.1. The van der Waals surface area contributed by atoms with Gasteiger partial charge in [-0.05, 0) is 41.8 Å². The molecule has 0 aliphatic carbocycles. The fourth-order valence-electron chi connectivity index (χ4n) is 3.42. The average molecular weight is 425 g/mol. The predicted octanol–water partition coefficient (Wildman–Crippen LogP) is 3.50. The molecule has 0 spiro atoms. The van der Waals surface area contributed by atoms with Crippen LogP contribution in [-0.4, -0.2) is 30.9 Å². The molecule has 0 saturated heterocycles. The van der Waals surface area contributed by atoms with Crippen LogP contribution >= 0.6 is 0 Å². The first kappa shape index (κ1) is 22.1. The molecule has 0 bridgehead atoms. The van der Waals surface area contributed by atoms with E-state index in [1.165, 1.54) is 13.8 Å². The number of hydrogen-bond acceptors (Lipinski definition) is 5. The maximum Gasteiger partial charge on any atom is 0.251 e. The molecule has 0 saturated carbocycles. The van der Waals surface area contributed by atoms with Gasteiger partial charge in [-0.2, -0.15) is 0 Å². The lowest BCUT2D eigenvalue weighted by atomic mass is 9.95. The van der Waals surface area contributed by atoms with E-state index in [2.05, 4.69) is 16.0 Å². The number of carbonyl (C=O) groups is 3. The standard InChI is InChI=1S/C23H27N3O5/c1-13(2)22(16-5-6-20-21(11-16)31-8-7-30-20)26-23(29)17-9-18(24-14(3)27)12-19(10-17)25-15(4)28/h5-6,9-13,22H,7-8H2,1-4H3,(H,24,27)(H,25,28)(H,26,29)/t22-/m0/s1. The van der Waals surface area contributed by atoms with Gasteiger partial charge in [0.15, 0.2) is 11.5 Å². The van der Waals surface area contributed by atoms with Crippen LogP contribution in [0, 0.1) is 5.92 Å². The largest absolute Gasteiger partial charge is 0.486 e. The van der Waals surface area contributed by atoms with Crippen molar-refractivity contribution < 1.29 is 23.9 Å². The molecular weight excluding hydrogens is 398 g/mol. The zero-order valence-electron chi connectivity index (χ0n) is 18.1. The third kappa shape index (κ3) is 5.75. The third-order valence-electron chi connectivity index (χ3n) is 4.71. The zero-order chi connectivity index (χ0) is 22.5. The number of rotatable bonds is 6. The summed E-state index contributed by atoms with van der Waals surface area (Å²) in [7, 11) is 0. The molecule has 2 aromatic carbocycles. The summed E-state index contributed by atoms with van der Waals surface area (Å²) in [6, 6.07) is 10.1. The van der Waals surface area contributed by atoms with Crippen molar-refractivity contribution in [1.29, 1.82) is 0 Å². The second kappa shape index (κ2) is 9.51. The lowest BCUT2D eigenvalue weighted by Crippen LogP contribution is -2.32. The van der Waals surface area contributed by atoms with Crippen LogP contribution in [0.5, 0.6) is 11.5 Å². The molecule has 3 rings (SSSR count). The van der Waals surface area contributed by atoms with Crippen LogP contribution in [0.3, 0.4) is 0 Å². The van der Waals surface area contributed by atoms with Gasteiger partial charge in [0.05, 0.1) is 6.04 Å². The quantitative estimate of drug-likeness (QED) is 0.657. The molecule has 2 aromatic rings. The molecule has 0 fully saturated rings. The molecule has 1 aliphatic heterocycles. The van der Waals surface area contributed by atoms with Crippen molar-refractivity contribution >= 4 is 29.1 Å². The van der Waals surface area contributed by atoms with Gasteiger partial charge in [-0.1, -0.05) is 19.9 Å². The summed E-state index contributed by atoms with van der Waals surface area (Å²) in [5, 5.41) is 8.37.